The first-order chi connectivity index (χ1) is 15.0. The topological polar surface area (TPSA) is 88.5 Å². The van der Waals surface area contributed by atoms with Crippen LogP contribution in [-0.2, 0) is 14.3 Å². The first-order valence-electron chi connectivity index (χ1n) is 10.1. The van der Waals surface area contributed by atoms with Gasteiger partial charge in [0, 0.05) is 26.2 Å². The van der Waals surface area contributed by atoms with Crippen molar-refractivity contribution in [3.05, 3.63) is 28.7 Å². The summed E-state index contributed by atoms with van der Waals surface area (Å²) in [7, 11) is 1.51. The molecule has 168 valence electrons. The van der Waals surface area contributed by atoms with Crippen LogP contribution < -0.4 is 9.47 Å². The van der Waals surface area contributed by atoms with Gasteiger partial charge in [-0.1, -0.05) is 30.0 Å². The number of thiocarbonyl (C=S) groups is 1. The number of morpholine rings is 1. The Labute approximate surface area is 191 Å². The van der Waals surface area contributed by atoms with Gasteiger partial charge in [-0.2, -0.15) is 0 Å². The van der Waals surface area contributed by atoms with E-state index < -0.39 is 5.97 Å². The van der Waals surface area contributed by atoms with Crippen LogP contribution in [0.4, 0.5) is 0 Å². The van der Waals surface area contributed by atoms with Crippen molar-refractivity contribution < 1.29 is 28.9 Å². The maximum atomic E-state index is 12.8. The summed E-state index contributed by atoms with van der Waals surface area (Å²) < 4.78 is 16.7. The Morgan fingerprint density at radius 1 is 1.29 bits per heavy atom. The van der Waals surface area contributed by atoms with Gasteiger partial charge in [0.25, 0.3) is 5.91 Å². The quantitative estimate of drug-likeness (QED) is 0.413. The lowest BCUT2D eigenvalue weighted by Gasteiger charge is -2.27. The predicted octanol–water partition coefficient (Wildman–Crippen LogP) is 2.47. The Balaban J connectivity index is 1.59. The highest BCUT2D eigenvalue weighted by atomic mass is 32.2. The van der Waals surface area contributed by atoms with Gasteiger partial charge in [-0.25, -0.2) is 0 Å². The molecule has 0 bridgehead atoms. The normalized spacial score (nSPS) is 18.6. The zero-order valence-corrected chi connectivity index (χ0v) is 19.0. The van der Waals surface area contributed by atoms with Gasteiger partial charge in [-0.05, 0) is 30.2 Å². The molecular formula is C21H26N2O6S2. The van der Waals surface area contributed by atoms with E-state index in [4.69, 9.17) is 31.5 Å². The second kappa shape index (κ2) is 11.5. The van der Waals surface area contributed by atoms with E-state index in [-0.39, 0.29) is 18.9 Å². The van der Waals surface area contributed by atoms with Gasteiger partial charge < -0.3 is 19.3 Å². The number of rotatable bonds is 10. The lowest BCUT2D eigenvalue weighted by Crippen LogP contribution is -2.38. The Morgan fingerprint density at radius 2 is 2.06 bits per heavy atom. The number of methoxy groups -OCH3 is 1. The molecule has 1 amide bonds. The van der Waals surface area contributed by atoms with Crippen molar-refractivity contribution in [2.24, 2.45) is 0 Å². The predicted molar refractivity (Wildman–Crippen MR) is 122 cm³/mol. The number of carboxylic acids is 1. The second-order valence-electron chi connectivity index (χ2n) is 7.04. The van der Waals surface area contributed by atoms with Crippen molar-refractivity contribution >= 4 is 46.3 Å². The monoisotopic (exact) mass is 466 g/mol. The van der Waals surface area contributed by atoms with E-state index in [9.17, 15) is 9.59 Å². The molecule has 0 aliphatic carbocycles. The first-order valence-corrected chi connectivity index (χ1v) is 11.3. The molecule has 8 nitrogen and oxygen atoms in total. The molecule has 0 radical (unpaired) electrons. The molecule has 0 spiro atoms. The van der Waals surface area contributed by atoms with Crippen LogP contribution in [0.25, 0.3) is 6.08 Å². The largest absolute Gasteiger partial charge is 0.493 e. The molecule has 2 aliphatic heterocycles. The molecule has 10 heteroatoms. The summed E-state index contributed by atoms with van der Waals surface area (Å²) in [6.07, 6.45) is 2.54. The standard InChI is InChI=1S/C21H26N2O6S2/c1-27-17-13-15(3-4-16(17)29-10-5-19(24)25)14-18-20(26)23(21(30)31-18)7-2-6-22-8-11-28-12-9-22/h3-4,13-14H,2,5-12H2,1H3,(H,24,25)/b18-14+. The third-order valence-corrected chi connectivity index (χ3v) is 6.27. The number of nitrogens with zero attached hydrogens (tertiary/aromatic N) is 2. The first kappa shape index (κ1) is 23.5. The minimum Gasteiger partial charge on any atom is -0.493 e. The van der Waals surface area contributed by atoms with Crippen molar-refractivity contribution in [3.63, 3.8) is 0 Å². The number of hydrogen-bond donors (Lipinski definition) is 1. The van der Waals surface area contributed by atoms with Crippen molar-refractivity contribution in [1.82, 2.24) is 9.80 Å². The maximum Gasteiger partial charge on any atom is 0.306 e. The fraction of sp³-hybridized carbons (Fsp3) is 0.476. The number of hydrogen-bond acceptors (Lipinski definition) is 8. The molecule has 2 heterocycles. The molecule has 0 aromatic heterocycles. The lowest BCUT2D eigenvalue weighted by atomic mass is 10.2. The van der Waals surface area contributed by atoms with Gasteiger partial charge in [0.05, 0.1) is 38.3 Å². The average molecular weight is 467 g/mol. The SMILES string of the molecule is COc1cc(/C=C2/SC(=S)N(CCCN3CCOCC3)C2=O)ccc1OCCC(=O)O. The van der Waals surface area contributed by atoms with Gasteiger partial charge in [0.15, 0.2) is 11.5 Å². The Kier molecular flexibility index (Phi) is 8.70. The van der Waals surface area contributed by atoms with Crippen molar-refractivity contribution in [2.75, 3.05) is 53.1 Å². The molecular weight excluding hydrogens is 440 g/mol. The molecule has 1 aromatic rings. The summed E-state index contributed by atoms with van der Waals surface area (Å²) in [6.45, 7) is 4.94. The zero-order chi connectivity index (χ0) is 22.2. The van der Waals surface area contributed by atoms with Crippen LogP contribution >= 0.6 is 24.0 Å². The molecule has 2 aliphatic rings. The Bertz CT molecular complexity index is 854. The number of aliphatic carboxylic acids is 1. The van der Waals surface area contributed by atoms with Gasteiger partial charge >= 0.3 is 5.97 Å². The van der Waals surface area contributed by atoms with Gasteiger partial charge in [-0.15, -0.1) is 0 Å². The highest BCUT2D eigenvalue weighted by Gasteiger charge is 2.31. The minimum absolute atomic E-state index is 0.0498. The van der Waals surface area contributed by atoms with Crippen LogP contribution in [0.3, 0.4) is 0 Å². The number of carbonyl (C=O) groups excluding carboxylic acids is 1. The molecule has 1 aromatic carbocycles. The molecule has 0 saturated carbocycles. The van der Waals surface area contributed by atoms with E-state index in [0.29, 0.717) is 27.3 Å². The van der Waals surface area contributed by atoms with Crippen molar-refractivity contribution in [1.29, 1.82) is 0 Å². The molecule has 31 heavy (non-hydrogen) atoms. The van der Waals surface area contributed by atoms with Crippen LogP contribution in [0.1, 0.15) is 18.4 Å². The second-order valence-corrected chi connectivity index (χ2v) is 8.72. The molecule has 3 rings (SSSR count). The van der Waals surface area contributed by atoms with Crippen LogP contribution in [0.5, 0.6) is 11.5 Å². The molecule has 1 N–H and O–H groups in total. The number of thioether (sulfide) groups is 1. The zero-order valence-electron chi connectivity index (χ0n) is 17.4. The van der Waals surface area contributed by atoms with E-state index >= 15 is 0 Å². The number of carbonyl (C=O) groups is 2. The van der Waals surface area contributed by atoms with Crippen LogP contribution in [0, 0.1) is 0 Å². The molecule has 2 saturated heterocycles. The molecule has 0 atom stereocenters. The number of ether oxygens (including phenoxy) is 3. The fourth-order valence-electron chi connectivity index (χ4n) is 3.26. The van der Waals surface area contributed by atoms with Crippen LogP contribution in [-0.4, -0.2) is 84.2 Å². The van der Waals surface area contributed by atoms with E-state index in [1.807, 2.05) is 0 Å². The highest BCUT2D eigenvalue weighted by Crippen LogP contribution is 2.34. The van der Waals surface area contributed by atoms with Crippen molar-refractivity contribution in [2.45, 2.75) is 12.8 Å². The number of carboxylic acid groups (broad SMARTS) is 1. The van der Waals surface area contributed by atoms with E-state index in [2.05, 4.69) is 4.90 Å². The van der Waals surface area contributed by atoms with E-state index in [0.717, 1.165) is 44.8 Å². The third kappa shape index (κ3) is 6.67. The van der Waals surface area contributed by atoms with Crippen LogP contribution in [0.2, 0.25) is 0 Å². The Hall–Kier alpha value is -2.14. The Morgan fingerprint density at radius 3 is 2.77 bits per heavy atom. The van der Waals surface area contributed by atoms with Gasteiger partial charge in [0.2, 0.25) is 0 Å². The van der Waals surface area contributed by atoms with Crippen molar-refractivity contribution in [3.8, 4) is 11.5 Å². The summed E-state index contributed by atoms with van der Waals surface area (Å²) in [4.78, 5) is 28.0. The smallest absolute Gasteiger partial charge is 0.306 e. The summed E-state index contributed by atoms with van der Waals surface area (Å²) in [5.41, 5.74) is 0.774. The fourth-order valence-corrected chi connectivity index (χ4v) is 4.57. The summed E-state index contributed by atoms with van der Waals surface area (Å²) in [5, 5.41) is 8.73. The summed E-state index contributed by atoms with van der Waals surface area (Å²) in [6, 6.07) is 5.25. The molecule has 0 unspecified atom stereocenters. The molecule has 2 fully saturated rings. The average Bonchev–Trinajstić information content (AvgIpc) is 3.02. The highest BCUT2D eigenvalue weighted by molar-refractivity contribution is 8.26. The summed E-state index contributed by atoms with van der Waals surface area (Å²) in [5.74, 6) is -0.0861. The summed E-state index contributed by atoms with van der Waals surface area (Å²) >= 11 is 6.72. The third-order valence-electron chi connectivity index (χ3n) is 4.89. The minimum atomic E-state index is -0.928. The van der Waals surface area contributed by atoms with E-state index in [1.165, 1.54) is 18.9 Å². The lowest BCUT2D eigenvalue weighted by molar-refractivity contribution is -0.137. The van der Waals surface area contributed by atoms with E-state index in [1.54, 1.807) is 29.2 Å². The van der Waals surface area contributed by atoms with Crippen LogP contribution in [0.15, 0.2) is 23.1 Å². The maximum absolute atomic E-state index is 12.8. The number of amides is 1. The van der Waals surface area contributed by atoms with Gasteiger partial charge in [0.1, 0.15) is 4.32 Å². The van der Waals surface area contributed by atoms with Gasteiger partial charge in [-0.3, -0.25) is 19.4 Å². The number of benzene rings is 1.